The largest absolute Gasteiger partial charge is 0.454 e. The minimum absolute atomic E-state index is 0.274. The summed E-state index contributed by atoms with van der Waals surface area (Å²) in [4.78, 5) is 22.0. The van der Waals surface area contributed by atoms with Crippen molar-refractivity contribution in [1.82, 2.24) is 19.4 Å². The SMILES string of the molecule is CCCCN(CCCC)C(=O)CN1CC(c2ccc3c(c2)OCO3)CC1CCn1ccnc1. The van der Waals surface area contributed by atoms with Gasteiger partial charge in [-0.3, -0.25) is 9.69 Å². The Morgan fingerprint density at radius 2 is 1.94 bits per heavy atom. The van der Waals surface area contributed by atoms with E-state index in [-0.39, 0.29) is 5.91 Å². The van der Waals surface area contributed by atoms with E-state index in [9.17, 15) is 4.79 Å². The third-order valence-electron chi connectivity index (χ3n) is 6.93. The fourth-order valence-corrected chi connectivity index (χ4v) is 4.94. The molecule has 3 heterocycles. The van der Waals surface area contributed by atoms with Gasteiger partial charge in [0, 0.05) is 44.6 Å². The highest BCUT2D eigenvalue weighted by atomic mass is 16.7. The smallest absolute Gasteiger partial charge is 0.236 e. The molecule has 0 aliphatic carbocycles. The van der Waals surface area contributed by atoms with Gasteiger partial charge in [-0.05, 0) is 49.3 Å². The summed E-state index contributed by atoms with van der Waals surface area (Å²) in [7, 11) is 0. The highest BCUT2D eigenvalue weighted by Gasteiger charge is 2.35. The number of hydrogen-bond donors (Lipinski definition) is 0. The van der Waals surface area contributed by atoms with Crippen molar-refractivity contribution in [3.8, 4) is 11.5 Å². The predicted octanol–water partition coefficient (Wildman–Crippen LogP) is 4.29. The summed E-state index contributed by atoms with van der Waals surface area (Å²) < 4.78 is 13.2. The van der Waals surface area contributed by atoms with Crippen LogP contribution in [-0.4, -0.2) is 64.3 Å². The lowest BCUT2D eigenvalue weighted by Crippen LogP contribution is -2.43. The number of likely N-dealkylation sites (tertiary alicyclic amines) is 1. The Kier molecular flexibility index (Phi) is 8.26. The Hall–Kier alpha value is -2.54. The number of imidazole rings is 1. The molecular formula is C26H38N4O3. The lowest BCUT2D eigenvalue weighted by Gasteiger charge is -2.28. The quantitative estimate of drug-likeness (QED) is 0.479. The lowest BCUT2D eigenvalue weighted by molar-refractivity contribution is -0.132. The maximum atomic E-state index is 13.3. The van der Waals surface area contributed by atoms with Crippen LogP contribution in [0, 0.1) is 0 Å². The monoisotopic (exact) mass is 454 g/mol. The Morgan fingerprint density at radius 3 is 2.67 bits per heavy atom. The molecule has 2 aliphatic heterocycles. The average molecular weight is 455 g/mol. The molecule has 1 aromatic carbocycles. The standard InChI is InChI=1S/C26H38N4O3/c1-3-5-11-29(12-6-4-2)26(31)18-30-17-22(15-23(30)9-13-28-14-10-27-19-28)21-7-8-24-25(16-21)33-20-32-24/h7-8,10,14,16,19,22-23H,3-6,9,11-13,15,17-18,20H2,1-2H3. The van der Waals surface area contributed by atoms with Crippen LogP contribution in [0.3, 0.4) is 0 Å². The van der Waals surface area contributed by atoms with E-state index in [0.29, 0.717) is 25.3 Å². The summed E-state index contributed by atoms with van der Waals surface area (Å²) in [5.41, 5.74) is 1.27. The summed E-state index contributed by atoms with van der Waals surface area (Å²) in [5.74, 6) is 2.32. The molecule has 2 aromatic rings. The van der Waals surface area contributed by atoms with Gasteiger partial charge in [-0.1, -0.05) is 32.8 Å². The number of aromatic nitrogens is 2. The third kappa shape index (κ3) is 6.08. The topological polar surface area (TPSA) is 59.8 Å². The first-order valence-corrected chi connectivity index (χ1v) is 12.5. The second-order valence-electron chi connectivity index (χ2n) is 9.31. The van der Waals surface area contributed by atoms with Crippen LogP contribution in [0.1, 0.15) is 63.9 Å². The van der Waals surface area contributed by atoms with Crippen molar-refractivity contribution in [3.05, 3.63) is 42.5 Å². The molecule has 1 fully saturated rings. The summed E-state index contributed by atoms with van der Waals surface area (Å²) in [5, 5.41) is 0. The summed E-state index contributed by atoms with van der Waals surface area (Å²) in [6.07, 6.45) is 12.1. The second kappa shape index (κ2) is 11.5. The fourth-order valence-electron chi connectivity index (χ4n) is 4.94. The van der Waals surface area contributed by atoms with Gasteiger partial charge in [-0.2, -0.15) is 0 Å². The zero-order valence-electron chi connectivity index (χ0n) is 20.1. The van der Waals surface area contributed by atoms with E-state index in [1.807, 2.05) is 24.8 Å². The van der Waals surface area contributed by atoms with Crippen molar-refractivity contribution in [2.45, 2.75) is 70.9 Å². The number of unbranched alkanes of at least 4 members (excludes halogenated alkanes) is 2. The number of carbonyl (C=O) groups excluding carboxylic acids is 1. The maximum absolute atomic E-state index is 13.3. The first-order chi connectivity index (χ1) is 16.2. The van der Waals surface area contributed by atoms with Crippen LogP contribution in [-0.2, 0) is 11.3 Å². The maximum Gasteiger partial charge on any atom is 0.236 e. The van der Waals surface area contributed by atoms with E-state index in [1.165, 1.54) is 5.56 Å². The van der Waals surface area contributed by atoms with Gasteiger partial charge in [0.25, 0.3) is 0 Å². The van der Waals surface area contributed by atoms with Crippen LogP contribution < -0.4 is 9.47 Å². The Labute approximate surface area is 197 Å². The third-order valence-corrected chi connectivity index (χ3v) is 6.93. The van der Waals surface area contributed by atoms with Crippen LogP contribution in [0.4, 0.5) is 0 Å². The van der Waals surface area contributed by atoms with Gasteiger partial charge in [-0.15, -0.1) is 0 Å². The van der Waals surface area contributed by atoms with Crippen molar-refractivity contribution in [2.24, 2.45) is 0 Å². The molecule has 0 N–H and O–H groups in total. The number of fused-ring (bicyclic) bond motifs is 1. The van der Waals surface area contributed by atoms with Gasteiger partial charge in [-0.25, -0.2) is 4.98 Å². The number of amides is 1. The van der Waals surface area contributed by atoms with Gasteiger partial charge in [0.05, 0.1) is 12.9 Å². The van der Waals surface area contributed by atoms with Crippen LogP contribution in [0.25, 0.3) is 0 Å². The number of ether oxygens (including phenoxy) is 2. The molecule has 0 bridgehead atoms. The summed E-state index contributed by atoms with van der Waals surface area (Å²) >= 11 is 0. The predicted molar refractivity (Wildman–Crippen MR) is 129 cm³/mol. The van der Waals surface area contributed by atoms with Crippen LogP contribution in [0.2, 0.25) is 0 Å². The molecular weight excluding hydrogens is 416 g/mol. The van der Waals surface area contributed by atoms with E-state index < -0.39 is 0 Å². The van der Waals surface area contributed by atoms with Crippen molar-refractivity contribution in [2.75, 3.05) is 33.0 Å². The number of aryl methyl sites for hydroxylation is 1. The van der Waals surface area contributed by atoms with Gasteiger partial charge in [0.2, 0.25) is 12.7 Å². The molecule has 1 amide bonds. The average Bonchev–Trinajstić information content (AvgIpc) is 3.58. The van der Waals surface area contributed by atoms with E-state index >= 15 is 0 Å². The van der Waals surface area contributed by atoms with Crippen molar-refractivity contribution in [3.63, 3.8) is 0 Å². The molecule has 0 saturated carbocycles. The van der Waals surface area contributed by atoms with Crippen molar-refractivity contribution < 1.29 is 14.3 Å². The Morgan fingerprint density at radius 1 is 1.15 bits per heavy atom. The molecule has 0 radical (unpaired) electrons. The molecule has 1 aromatic heterocycles. The van der Waals surface area contributed by atoms with Crippen molar-refractivity contribution in [1.29, 1.82) is 0 Å². The summed E-state index contributed by atoms with van der Waals surface area (Å²) in [6, 6.07) is 6.67. The number of hydrogen-bond acceptors (Lipinski definition) is 5. The van der Waals surface area contributed by atoms with E-state index in [2.05, 4.69) is 45.3 Å². The first kappa shape index (κ1) is 23.6. The zero-order valence-corrected chi connectivity index (χ0v) is 20.1. The molecule has 2 unspecified atom stereocenters. The van der Waals surface area contributed by atoms with Gasteiger partial charge in [0.1, 0.15) is 0 Å². The normalized spacial score (nSPS) is 19.8. The van der Waals surface area contributed by atoms with E-state index in [1.54, 1.807) is 0 Å². The second-order valence-corrected chi connectivity index (χ2v) is 9.31. The van der Waals surface area contributed by atoms with E-state index in [0.717, 1.165) is 76.2 Å². The number of nitrogens with zero attached hydrogens (tertiary/aromatic N) is 4. The molecule has 7 heteroatoms. The molecule has 1 saturated heterocycles. The molecule has 2 atom stereocenters. The van der Waals surface area contributed by atoms with Gasteiger partial charge in [0.15, 0.2) is 11.5 Å². The van der Waals surface area contributed by atoms with Gasteiger partial charge < -0.3 is 18.9 Å². The van der Waals surface area contributed by atoms with Crippen LogP contribution in [0.5, 0.6) is 11.5 Å². The highest BCUT2D eigenvalue weighted by molar-refractivity contribution is 5.78. The van der Waals surface area contributed by atoms with Gasteiger partial charge >= 0.3 is 0 Å². The molecule has 0 spiro atoms. The van der Waals surface area contributed by atoms with Crippen LogP contribution >= 0.6 is 0 Å². The molecule has 7 nitrogen and oxygen atoms in total. The minimum atomic E-state index is 0.274. The number of benzene rings is 1. The lowest BCUT2D eigenvalue weighted by atomic mass is 9.95. The van der Waals surface area contributed by atoms with Crippen molar-refractivity contribution >= 4 is 5.91 Å². The highest BCUT2D eigenvalue weighted by Crippen LogP contribution is 2.39. The molecule has 4 rings (SSSR count). The molecule has 2 aliphatic rings. The molecule has 180 valence electrons. The minimum Gasteiger partial charge on any atom is -0.454 e. The molecule has 33 heavy (non-hydrogen) atoms. The summed E-state index contributed by atoms with van der Waals surface area (Å²) in [6.45, 7) is 8.72. The first-order valence-electron chi connectivity index (χ1n) is 12.5. The number of carbonyl (C=O) groups is 1. The fraction of sp³-hybridized carbons (Fsp3) is 0.615. The Bertz CT molecular complexity index is 878. The Balaban J connectivity index is 1.45. The zero-order chi connectivity index (χ0) is 23.0. The van der Waals surface area contributed by atoms with E-state index in [4.69, 9.17) is 9.47 Å². The number of rotatable bonds is 12. The van der Waals surface area contributed by atoms with Crippen LogP contribution in [0.15, 0.2) is 36.9 Å².